The van der Waals surface area contributed by atoms with E-state index in [4.69, 9.17) is 43.8 Å². The van der Waals surface area contributed by atoms with Crippen LogP contribution in [-0.4, -0.2) is 93.3 Å². The first-order valence-corrected chi connectivity index (χ1v) is 16.4. The van der Waals surface area contributed by atoms with Gasteiger partial charge in [0.2, 0.25) is 5.95 Å². The normalized spacial score (nSPS) is 41.0. The van der Waals surface area contributed by atoms with E-state index < -0.39 is 76.1 Å². The molecule has 4 aromatic heterocycles. The van der Waals surface area contributed by atoms with Crippen LogP contribution in [0.3, 0.4) is 0 Å². The van der Waals surface area contributed by atoms with Crippen LogP contribution in [0.2, 0.25) is 0 Å². The minimum atomic E-state index is -4.79. The van der Waals surface area contributed by atoms with Gasteiger partial charge in [0.15, 0.2) is 35.1 Å². The van der Waals surface area contributed by atoms with E-state index >= 15 is 0 Å². The Labute approximate surface area is 250 Å². The van der Waals surface area contributed by atoms with Gasteiger partial charge in [-0.15, -0.1) is 0 Å². The van der Waals surface area contributed by atoms with Crippen molar-refractivity contribution in [2.45, 2.75) is 48.4 Å². The van der Waals surface area contributed by atoms with Crippen molar-refractivity contribution >= 4 is 50.2 Å². The third-order valence-corrected chi connectivity index (χ3v) is 10.7. The number of hydrogen-bond donors (Lipinski definition) is 4. The standard InChI is InChI=1S/C22H24N10O11P2/c23-14-9-15(26-5-25-14)31(6-27-9)19-12-13-22(41-19,2-37-12)3-38-44(34)42-11-8-1-21(8,4-39-45(35,36)43-13)40-18(11)32-7-28-10-16(32)29-20(24)30-17(10)33/h5-8,11-13,18-19,44H,1-4H2,(H,35,36)(H2,23,25,26)(H3,24,29,30,33)/t8-,11+,12+,13-,18+,19+,21+,22+/m0/s1. The first kappa shape index (κ1) is 27.9. The number of nitrogens with one attached hydrogen (secondary N) is 1. The largest absolute Gasteiger partial charge is 0.472 e. The minimum Gasteiger partial charge on any atom is -0.382 e. The van der Waals surface area contributed by atoms with Gasteiger partial charge in [-0.1, -0.05) is 0 Å². The highest BCUT2D eigenvalue weighted by Crippen LogP contribution is 2.64. The number of rotatable bonds is 2. The molecule has 9 rings (SSSR count). The van der Waals surface area contributed by atoms with E-state index in [1.54, 1.807) is 0 Å². The first-order valence-electron chi connectivity index (χ1n) is 13.7. The van der Waals surface area contributed by atoms with Gasteiger partial charge >= 0.3 is 16.1 Å². The summed E-state index contributed by atoms with van der Waals surface area (Å²) < 4.78 is 71.3. The summed E-state index contributed by atoms with van der Waals surface area (Å²) in [5.41, 5.74) is 9.28. The number of imidazole rings is 2. The number of aromatic nitrogens is 8. The van der Waals surface area contributed by atoms with Crippen LogP contribution < -0.4 is 17.0 Å². The fraction of sp³-hybridized carbons (Fsp3) is 0.545. The molecule has 0 amide bonds. The molecule has 0 aromatic carbocycles. The number of hydrogen-bond acceptors (Lipinski definition) is 17. The Morgan fingerprint density at radius 3 is 2.60 bits per heavy atom. The van der Waals surface area contributed by atoms with Crippen LogP contribution in [0.5, 0.6) is 0 Å². The van der Waals surface area contributed by atoms with Crippen LogP contribution in [0.25, 0.3) is 22.3 Å². The average Bonchev–Trinajstić information content (AvgIpc) is 3.48. The van der Waals surface area contributed by atoms with Crippen LogP contribution in [0.4, 0.5) is 11.8 Å². The summed E-state index contributed by atoms with van der Waals surface area (Å²) in [6.45, 7) is -0.895. The van der Waals surface area contributed by atoms with E-state index in [1.807, 2.05) is 0 Å². The van der Waals surface area contributed by atoms with Crippen LogP contribution >= 0.6 is 16.1 Å². The Balaban J connectivity index is 1.05. The lowest BCUT2D eigenvalue weighted by Gasteiger charge is -2.32. The molecule has 0 spiro atoms. The van der Waals surface area contributed by atoms with Crippen molar-refractivity contribution < 1.29 is 46.3 Å². The summed E-state index contributed by atoms with van der Waals surface area (Å²) in [6, 6.07) is 0. The van der Waals surface area contributed by atoms with E-state index in [2.05, 4.69) is 29.9 Å². The number of fused-ring (bicyclic) bond motifs is 2. The van der Waals surface area contributed by atoms with Gasteiger partial charge in [0, 0.05) is 5.92 Å². The second-order valence-electron chi connectivity index (χ2n) is 11.5. The highest BCUT2D eigenvalue weighted by molar-refractivity contribution is 7.47. The lowest BCUT2D eigenvalue weighted by atomic mass is 10.0. The second kappa shape index (κ2) is 9.35. The summed E-state index contributed by atoms with van der Waals surface area (Å²) in [6.07, 6.45) is -0.641. The molecule has 4 aromatic rings. The number of phosphoric ester groups is 1. The maximum Gasteiger partial charge on any atom is 0.472 e. The number of phosphoric acid groups is 1. The molecular weight excluding hydrogens is 642 g/mol. The molecule has 4 bridgehead atoms. The second-order valence-corrected chi connectivity index (χ2v) is 13.9. The number of nitrogens with two attached hydrogens (primary N) is 2. The third kappa shape index (κ3) is 4.10. The van der Waals surface area contributed by atoms with Gasteiger partial charge in [0.05, 0.1) is 32.5 Å². The number of nitrogens with zero attached hydrogens (tertiary/aromatic N) is 7. The fourth-order valence-corrected chi connectivity index (χ4v) is 8.65. The van der Waals surface area contributed by atoms with E-state index in [9.17, 15) is 18.8 Å². The molecule has 23 heteroatoms. The van der Waals surface area contributed by atoms with E-state index in [1.165, 1.54) is 28.1 Å². The number of nitrogen functional groups attached to an aromatic ring is 2. The summed E-state index contributed by atoms with van der Waals surface area (Å²) in [4.78, 5) is 46.4. The van der Waals surface area contributed by atoms with Gasteiger partial charge in [-0.25, -0.2) is 24.5 Å². The zero-order valence-electron chi connectivity index (χ0n) is 22.8. The Kier molecular flexibility index (Phi) is 5.80. The lowest BCUT2D eigenvalue weighted by molar-refractivity contribution is -0.183. The topological polar surface area (TPSA) is 278 Å². The zero-order chi connectivity index (χ0) is 30.9. The molecule has 5 aliphatic rings. The highest BCUT2D eigenvalue weighted by atomic mass is 31.2. The van der Waals surface area contributed by atoms with Gasteiger partial charge in [-0.05, 0) is 6.42 Å². The molecule has 238 valence electrons. The van der Waals surface area contributed by atoms with Crippen molar-refractivity contribution in [3.05, 3.63) is 29.3 Å². The Morgan fingerprint density at radius 2 is 1.76 bits per heavy atom. The predicted octanol–water partition coefficient (Wildman–Crippen LogP) is -0.615. The van der Waals surface area contributed by atoms with Crippen molar-refractivity contribution in [2.24, 2.45) is 5.92 Å². The quantitative estimate of drug-likeness (QED) is 0.194. The van der Waals surface area contributed by atoms with Crippen LogP contribution in [0.15, 0.2) is 23.8 Å². The van der Waals surface area contributed by atoms with Gasteiger partial charge in [-0.2, -0.15) is 4.98 Å². The van der Waals surface area contributed by atoms with E-state index in [0.29, 0.717) is 17.6 Å². The first-order chi connectivity index (χ1) is 21.6. The molecule has 10 atom stereocenters. The smallest absolute Gasteiger partial charge is 0.382 e. The summed E-state index contributed by atoms with van der Waals surface area (Å²) in [7, 11) is -8.05. The number of anilines is 2. The molecule has 4 saturated heterocycles. The SMILES string of the molecule is Nc1nc2c(ncn2[C@@H]2O[C@]34COP(=O)(O)O[C@H]5[C@H]6OC[C@]5(CO[PH](=O)O[C@@H]2[C@@H]3C4)O[C@H]6n2cnc3c(N)ncnc32)c(=O)[nH]1. The molecule has 2 unspecified atom stereocenters. The van der Waals surface area contributed by atoms with Gasteiger partial charge in [0.1, 0.15) is 41.4 Å². The van der Waals surface area contributed by atoms with E-state index in [-0.39, 0.29) is 36.1 Å². The molecule has 4 aliphatic heterocycles. The molecular formula is C22H24N10O11P2. The molecule has 5 fully saturated rings. The van der Waals surface area contributed by atoms with Gasteiger partial charge in [-0.3, -0.25) is 32.5 Å². The summed E-state index contributed by atoms with van der Waals surface area (Å²) in [5, 5.41) is 0. The van der Waals surface area contributed by atoms with Crippen LogP contribution in [-0.2, 0) is 41.4 Å². The maximum atomic E-state index is 13.4. The number of aromatic amines is 1. The molecule has 8 heterocycles. The van der Waals surface area contributed by atoms with Crippen molar-refractivity contribution in [3.63, 3.8) is 0 Å². The fourth-order valence-electron chi connectivity index (χ4n) is 6.68. The zero-order valence-corrected chi connectivity index (χ0v) is 24.7. The maximum absolute atomic E-state index is 13.4. The number of H-pyrrole nitrogens is 1. The molecule has 45 heavy (non-hydrogen) atoms. The van der Waals surface area contributed by atoms with Crippen molar-refractivity contribution in [3.8, 4) is 0 Å². The van der Waals surface area contributed by atoms with E-state index in [0.717, 1.165) is 0 Å². The predicted molar refractivity (Wildman–Crippen MR) is 146 cm³/mol. The van der Waals surface area contributed by atoms with Crippen molar-refractivity contribution in [2.75, 3.05) is 31.3 Å². The lowest BCUT2D eigenvalue weighted by Crippen LogP contribution is -2.45. The molecule has 0 radical (unpaired) electrons. The molecule has 21 nitrogen and oxygen atoms in total. The monoisotopic (exact) mass is 666 g/mol. The number of ether oxygens (including phenoxy) is 3. The van der Waals surface area contributed by atoms with Crippen molar-refractivity contribution in [1.82, 2.24) is 39.0 Å². The van der Waals surface area contributed by atoms with Gasteiger partial charge in [0.25, 0.3) is 5.56 Å². The highest BCUT2D eigenvalue weighted by Gasteiger charge is 2.71. The van der Waals surface area contributed by atoms with Gasteiger partial charge < -0.3 is 39.6 Å². The summed E-state index contributed by atoms with van der Waals surface area (Å²) in [5.74, 6) is -0.417. The molecule has 1 saturated carbocycles. The average molecular weight is 666 g/mol. The van der Waals surface area contributed by atoms with Crippen LogP contribution in [0, 0.1) is 5.92 Å². The minimum absolute atomic E-state index is 0.00215. The molecule has 6 N–H and O–H groups in total. The summed E-state index contributed by atoms with van der Waals surface area (Å²) >= 11 is 0. The Hall–Kier alpha value is -3.36. The van der Waals surface area contributed by atoms with Crippen LogP contribution in [0.1, 0.15) is 18.9 Å². The van der Waals surface area contributed by atoms with Crippen molar-refractivity contribution in [1.29, 1.82) is 0 Å². The Morgan fingerprint density at radius 1 is 1.00 bits per heavy atom. The molecule has 1 aliphatic carbocycles. The Bertz CT molecular complexity index is 2020. The third-order valence-electron chi connectivity index (χ3n) is 8.86.